The number of benzene rings is 2. The van der Waals surface area contributed by atoms with E-state index < -0.39 is 5.60 Å². The molecule has 0 radical (unpaired) electrons. The first kappa shape index (κ1) is 16.1. The Hall–Kier alpha value is -1.32. The predicted molar refractivity (Wildman–Crippen MR) is 89.8 cm³/mol. The van der Waals surface area contributed by atoms with Crippen LogP contribution in [0.25, 0.3) is 0 Å². The first-order valence-corrected chi connectivity index (χ1v) is 7.90. The Morgan fingerprint density at radius 1 is 1.14 bits per heavy atom. The van der Waals surface area contributed by atoms with E-state index in [9.17, 15) is 5.11 Å². The predicted octanol–water partition coefficient (Wildman–Crippen LogP) is 4.47. The van der Waals surface area contributed by atoms with E-state index in [1.165, 1.54) is 5.56 Å². The second-order valence-corrected chi connectivity index (χ2v) is 6.31. The van der Waals surface area contributed by atoms with Crippen molar-refractivity contribution in [3.63, 3.8) is 0 Å². The van der Waals surface area contributed by atoms with E-state index in [-0.39, 0.29) is 0 Å². The van der Waals surface area contributed by atoms with Gasteiger partial charge in [0.1, 0.15) is 5.75 Å². The normalized spacial score (nSPS) is 13.8. The van der Waals surface area contributed by atoms with Gasteiger partial charge in [0.25, 0.3) is 0 Å². The van der Waals surface area contributed by atoms with Crippen molar-refractivity contribution in [2.75, 3.05) is 7.11 Å². The molecule has 0 aromatic heterocycles. The number of hydrogen-bond acceptors (Lipinski definition) is 2. The summed E-state index contributed by atoms with van der Waals surface area (Å²) in [5.74, 6) is 0.797. The zero-order valence-electron chi connectivity index (χ0n) is 12.7. The Kier molecular flexibility index (Phi) is 5.07. The molecule has 0 amide bonds. The molecule has 1 N–H and O–H groups in total. The van der Waals surface area contributed by atoms with Gasteiger partial charge in [-0.1, -0.05) is 47.1 Å². The molecular weight excluding hydrogens is 328 g/mol. The number of aliphatic hydroxyl groups is 1. The van der Waals surface area contributed by atoms with Crippen molar-refractivity contribution in [1.82, 2.24) is 0 Å². The monoisotopic (exact) mass is 348 g/mol. The molecule has 0 aliphatic carbocycles. The molecule has 0 saturated carbocycles. The highest BCUT2D eigenvalue weighted by atomic mass is 79.9. The van der Waals surface area contributed by atoms with Gasteiger partial charge in [0, 0.05) is 10.9 Å². The Morgan fingerprint density at radius 2 is 1.81 bits per heavy atom. The van der Waals surface area contributed by atoms with Crippen molar-refractivity contribution < 1.29 is 9.84 Å². The molecule has 0 spiro atoms. The van der Waals surface area contributed by atoms with E-state index in [1.807, 2.05) is 37.3 Å². The number of methoxy groups -OCH3 is 1. The maximum Gasteiger partial charge on any atom is 0.119 e. The Bertz CT molecular complexity index is 603. The molecule has 0 heterocycles. The van der Waals surface area contributed by atoms with Crippen molar-refractivity contribution >= 4 is 15.9 Å². The van der Waals surface area contributed by atoms with Crippen LogP contribution in [-0.2, 0) is 18.4 Å². The summed E-state index contributed by atoms with van der Waals surface area (Å²) in [6.45, 7) is 3.97. The third-order valence-electron chi connectivity index (χ3n) is 3.77. The molecule has 112 valence electrons. The summed E-state index contributed by atoms with van der Waals surface area (Å²) < 4.78 is 6.24. The molecular formula is C18H21BrO2. The van der Waals surface area contributed by atoms with E-state index in [0.29, 0.717) is 6.42 Å². The minimum atomic E-state index is -0.916. The van der Waals surface area contributed by atoms with Crippen LogP contribution >= 0.6 is 15.9 Å². The minimum Gasteiger partial charge on any atom is -0.497 e. The van der Waals surface area contributed by atoms with Crippen LogP contribution in [0, 0.1) is 0 Å². The molecule has 1 atom stereocenters. The smallest absolute Gasteiger partial charge is 0.119 e. The third kappa shape index (κ3) is 3.86. The van der Waals surface area contributed by atoms with Crippen molar-refractivity contribution in [3.8, 4) is 5.75 Å². The average molecular weight is 349 g/mol. The van der Waals surface area contributed by atoms with Gasteiger partial charge in [-0.2, -0.15) is 0 Å². The standard InChI is InChI=1S/C18H21BrO2/c1-4-13-5-7-15(8-6-13)18(2,20)12-14-11-16(21-3)9-10-17(14)19/h5-11,20H,4,12H2,1-3H3. The highest BCUT2D eigenvalue weighted by molar-refractivity contribution is 9.10. The van der Waals surface area contributed by atoms with Gasteiger partial charge in [-0.3, -0.25) is 0 Å². The summed E-state index contributed by atoms with van der Waals surface area (Å²) in [7, 11) is 1.65. The van der Waals surface area contributed by atoms with Gasteiger partial charge >= 0.3 is 0 Å². The van der Waals surface area contributed by atoms with Crippen molar-refractivity contribution in [1.29, 1.82) is 0 Å². The summed E-state index contributed by atoms with van der Waals surface area (Å²) in [5, 5.41) is 10.8. The van der Waals surface area contributed by atoms with E-state index in [0.717, 1.165) is 27.8 Å². The molecule has 2 nitrogen and oxygen atoms in total. The first-order chi connectivity index (χ1) is 9.96. The number of hydrogen-bond donors (Lipinski definition) is 1. The molecule has 3 heteroatoms. The first-order valence-electron chi connectivity index (χ1n) is 7.10. The quantitative estimate of drug-likeness (QED) is 0.863. The molecule has 2 aromatic carbocycles. The average Bonchev–Trinajstić information content (AvgIpc) is 2.49. The SMILES string of the molecule is CCc1ccc(C(C)(O)Cc2cc(OC)ccc2Br)cc1. The van der Waals surface area contributed by atoms with E-state index in [4.69, 9.17) is 4.74 Å². The van der Waals surface area contributed by atoms with Crippen LogP contribution < -0.4 is 4.74 Å². The molecule has 2 rings (SSSR count). The number of halogens is 1. The molecule has 1 unspecified atom stereocenters. The van der Waals surface area contributed by atoms with Crippen LogP contribution in [0.5, 0.6) is 5.75 Å². The maximum absolute atomic E-state index is 10.8. The molecule has 0 aliphatic heterocycles. The Balaban J connectivity index is 2.27. The van der Waals surface area contributed by atoms with Gasteiger partial charge in [0.15, 0.2) is 0 Å². The Labute approximate surface area is 134 Å². The number of aryl methyl sites for hydroxylation is 1. The lowest BCUT2D eigenvalue weighted by Gasteiger charge is -2.25. The zero-order valence-corrected chi connectivity index (χ0v) is 14.3. The largest absolute Gasteiger partial charge is 0.497 e. The second kappa shape index (κ2) is 6.63. The van der Waals surface area contributed by atoms with Crippen LogP contribution in [-0.4, -0.2) is 12.2 Å². The van der Waals surface area contributed by atoms with Gasteiger partial charge in [-0.25, -0.2) is 0 Å². The van der Waals surface area contributed by atoms with Crippen molar-refractivity contribution in [2.24, 2.45) is 0 Å². The van der Waals surface area contributed by atoms with Crippen LogP contribution in [0.2, 0.25) is 0 Å². The van der Waals surface area contributed by atoms with Gasteiger partial charge in [-0.15, -0.1) is 0 Å². The molecule has 0 fully saturated rings. The topological polar surface area (TPSA) is 29.5 Å². The molecule has 0 bridgehead atoms. The highest BCUT2D eigenvalue weighted by Gasteiger charge is 2.24. The fraction of sp³-hybridized carbons (Fsp3) is 0.333. The lowest BCUT2D eigenvalue weighted by atomic mass is 9.88. The minimum absolute atomic E-state index is 0.524. The molecule has 21 heavy (non-hydrogen) atoms. The van der Waals surface area contributed by atoms with E-state index in [2.05, 4.69) is 35.0 Å². The lowest BCUT2D eigenvalue weighted by molar-refractivity contribution is 0.0574. The summed E-state index contributed by atoms with van der Waals surface area (Å²) >= 11 is 3.54. The van der Waals surface area contributed by atoms with Crippen LogP contribution in [0.3, 0.4) is 0 Å². The number of rotatable bonds is 5. The summed E-state index contributed by atoms with van der Waals surface area (Å²) in [6.07, 6.45) is 1.53. The summed E-state index contributed by atoms with van der Waals surface area (Å²) in [6, 6.07) is 14.0. The fourth-order valence-corrected chi connectivity index (χ4v) is 2.77. The third-order valence-corrected chi connectivity index (χ3v) is 4.55. The fourth-order valence-electron chi connectivity index (χ4n) is 2.39. The maximum atomic E-state index is 10.8. The zero-order chi connectivity index (χ0) is 15.5. The number of ether oxygens (including phenoxy) is 1. The molecule has 0 aliphatic rings. The van der Waals surface area contributed by atoms with Crippen molar-refractivity contribution in [3.05, 3.63) is 63.6 Å². The van der Waals surface area contributed by atoms with E-state index in [1.54, 1.807) is 7.11 Å². The second-order valence-electron chi connectivity index (χ2n) is 5.46. The van der Waals surface area contributed by atoms with Crippen LogP contribution in [0.4, 0.5) is 0 Å². The van der Waals surface area contributed by atoms with Gasteiger partial charge < -0.3 is 9.84 Å². The van der Waals surface area contributed by atoms with Crippen molar-refractivity contribution in [2.45, 2.75) is 32.3 Å². The highest BCUT2D eigenvalue weighted by Crippen LogP contribution is 2.31. The molecule has 2 aromatic rings. The Morgan fingerprint density at radius 3 is 2.38 bits per heavy atom. The van der Waals surface area contributed by atoms with Gasteiger partial charge in [-0.05, 0) is 48.2 Å². The lowest BCUT2D eigenvalue weighted by Crippen LogP contribution is -2.24. The van der Waals surface area contributed by atoms with Gasteiger partial charge in [0.05, 0.1) is 12.7 Å². The van der Waals surface area contributed by atoms with Crippen LogP contribution in [0.15, 0.2) is 46.9 Å². The van der Waals surface area contributed by atoms with Crippen LogP contribution in [0.1, 0.15) is 30.5 Å². The summed E-state index contributed by atoms with van der Waals surface area (Å²) in [5.41, 5.74) is 2.31. The van der Waals surface area contributed by atoms with E-state index >= 15 is 0 Å². The summed E-state index contributed by atoms with van der Waals surface area (Å²) in [4.78, 5) is 0. The molecule has 0 saturated heterocycles. The van der Waals surface area contributed by atoms with Gasteiger partial charge in [0.2, 0.25) is 0 Å².